The first-order valence-electron chi connectivity index (χ1n) is 19.9. The first-order valence-corrected chi connectivity index (χ1v) is 19.9. The Morgan fingerprint density at radius 2 is 1.23 bits per heavy atom. The van der Waals surface area contributed by atoms with Crippen LogP contribution in [0.5, 0.6) is 0 Å². The molecule has 0 aliphatic heterocycles. The van der Waals surface area contributed by atoms with E-state index in [1.165, 1.54) is 77.2 Å². The Labute approximate surface area is 327 Å². The van der Waals surface area contributed by atoms with Crippen molar-refractivity contribution in [1.29, 1.82) is 0 Å². The van der Waals surface area contributed by atoms with E-state index >= 15 is 0 Å². The van der Waals surface area contributed by atoms with Gasteiger partial charge in [0.15, 0.2) is 0 Å². The normalized spacial score (nSPS) is 14.9. The Kier molecular flexibility index (Phi) is 7.70. The summed E-state index contributed by atoms with van der Waals surface area (Å²) in [7, 11) is 0. The van der Waals surface area contributed by atoms with Gasteiger partial charge in [-0.1, -0.05) is 153 Å². The van der Waals surface area contributed by atoms with Crippen molar-refractivity contribution in [1.82, 2.24) is 9.55 Å². The minimum Gasteiger partial charge on any atom is -0.292 e. The van der Waals surface area contributed by atoms with Crippen LogP contribution in [0, 0.1) is 0 Å². The summed E-state index contributed by atoms with van der Waals surface area (Å²) < 4.78 is 2.27. The predicted molar refractivity (Wildman–Crippen MR) is 237 cm³/mol. The predicted octanol–water partition coefficient (Wildman–Crippen LogP) is 14.3. The molecule has 0 spiro atoms. The molecule has 0 bridgehead atoms. The fraction of sp³-hybridized carbons (Fsp3) is 0.0926. The van der Waals surface area contributed by atoms with Crippen molar-refractivity contribution in [2.75, 3.05) is 0 Å². The molecule has 0 saturated carbocycles. The fourth-order valence-electron chi connectivity index (χ4n) is 9.36. The quantitative estimate of drug-likeness (QED) is 0.162. The highest BCUT2D eigenvalue weighted by molar-refractivity contribution is 6.20. The fourth-order valence-corrected chi connectivity index (χ4v) is 9.36. The van der Waals surface area contributed by atoms with E-state index in [9.17, 15) is 0 Å². The Bertz CT molecular complexity index is 3050. The van der Waals surface area contributed by atoms with Gasteiger partial charge in [-0.05, 0) is 139 Å². The molecule has 1 atom stereocenters. The summed E-state index contributed by atoms with van der Waals surface area (Å²) >= 11 is 0. The van der Waals surface area contributed by atoms with Gasteiger partial charge < -0.3 is 0 Å². The molecule has 56 heavy (non-hydrogen) atoms. The number of benzene rings is 8. The first kappa shape index (κ1) is 32.6. The Balaban J connectivity index is 1.11. The highest BCUT2D eigenvalue weighted by Crippen LogP contribution is 2.46. The second-order valence-electron chi connectivity index (χ2n) is 15.5. The molecule has 8 aromatic carbocycles. The van der Waals surface area contributed by atoms with Crippen LogP contribution in [0.15, 0.2) is 170 Å². The smallest absolute Gasteiger partial charge is 0.145 e. The zero-order valence-electron chi connectivity index (χ0n) is 31.4. The standard InChI is InChI=1S/C54H40N2/c1-35-12-11-15-41-33-43(29-30-45(35)41)53-47-19-8-7-18-46(47)52(42-27-24-36-13-5-6-14-39(36)32-42)48-31-28-40(34-49(48)53)37-22-25-38(26-23-37)54-55-50-20-9-10-21-51(50)56(54)44-16-3-2-4-17-44/h2-11,13-23,25-26,28-35H,12,24,27H2,1H3. The van der Waals surface area contributed by atoms with Crippen LogP contribution in [-0.2, 0) is 6.42 Å². The number of hydrogen-bond donors (Lipinski definition) is 0. The number of hydrogen-bond acceptors (Lipinski definition) is 1. The van der Waals surface area contributed by atoms with Gasteiger partial charge in [0.2, 0.25) is 0 Å². The maximum Gasteiger partial charge on any atom is 0.145 e. The van der Waals surface area contributed by atoms with Gasteiger partial charge in [0.1, 0.15) is 5.82 Å². The molecule has 0 amide bonds. The molecule has 9 aromatic rings. The number of fused-ring (bicyclic) bond motifs is 5. The van der Waals surface area contributed by atoms with Crippen LogP contribution in [0.1, 0.15) is 53.5 Å². The Morgan fingerprint density at radius 1 is 0.536 bits per heavy atom. The van der Waals surface area contributed by atoms with Gasteiger partial charge in [-0.25, -0.2) is 4.98 Å². The maximum atomic E-state index is 5.13. The molecule has 266 valence electrons. The van der Waals surface area contributed by atoms with Gasteiger partial charge in [0.25, 0.3) is 0 Å². The molecule has 0 fully saturated rings. The summed E-state index contributed by atoms with van der Waals surface area (Å²) in [5.41, 5.74) is 17.6. The Morgan fingerprint density at radius 3 is 2.11 bits per heavy atom. The second kappa shape index (κ2) is 13.2. The summed E-state index contributed by atoms with van der Waals surface area (Å²) in [5, 5.41) is 5.22. The van der Waals surface area contributed by atoms with Crippen LogP contribution in [0.2, 0.25) is 0 Å². The number of imidazole rings is 1. The van der Waals surface area contributed by atoms with Crippen molar-refractivity contribution in [3.8, 4) is 39.3 Å². The SMILES string of the molecule is CC1CC=Cc2cc(-c3c4ccccc4c(C4=Cc5ccccc5CC4)c4ccc(-c5ccc(-c6nc7ccccc7n6-c6ccccc6)cc5)cc34)ccc21. The van der Waals surface area contributed by atoms with E-state index in [2.05, 4.69) is 194 Å². The van der Waals surface area contributed by atoms with Gasteiger partial charge in [-0.3, -0.25) is 4.57 Å². The summed E-state index contributed by atoms with van der Waals surface area (Å²) in [5.74, 6) is 1.47. The van der Waals surface area contributed by atoms with Crippen LogP contribution in [0.3, 0.4) is 0 Å². The van der Waals surface area contributed by atoms with Crippen LogP contribution < -0.4 is 0 Å². The summed E-state index contributed by atoms with van der Waals surface area (Å²) in [6.07, 6.45) is 10.3. The molecule has 1 heterocycles. The van der Waals surface area contributed by atoms with Gasteiger partial charge >= 0.3 is 0 Å². The molecule has 0 saturated heterocycles. The third-order valence-electron chi connectivity index (χ3n) is 12.1. The third-order valence-corrected chi connectivity index (χ3v) is 12.1. The van der Waals surface area contributed by atoms with E-state index in [1.807, 2.05) is 0 Å². The molecule has 1 unspecified atom stereocenters. The van der Waals surface area contributed by atoms with Crippen LogP contribution in [-0.4, -0.2) is 9.55 Å². The highest BCUT2D eigenvalue weighted by atomic mass is 15.1. The summed E-state index contributed by atoms with van der Waals surface area (Å²) in [6.45, 7) is 2.34. The lowest BCUT2D eigenvalue weighted by atomic mass is 9.80. The molecule has 1 aromatic heterocycles. The molecule has 2 nitrogen and oxygen atoms in total. The van der Waals surface area contributed by atoms with Gasteiger partial charge in [0, 0.05) is 11.3 Å². The molecular weight excluding hydrogens is 677 g/mol. The monoisotopic (exact) mass is 716 g/mol. The second-order valence-corrected chi connectivity index (χ2v) is 15.5. The minimum absolute atomic E-state index is 0.528. The molecule has 2 heteroatoms. The lowest BCUT2D eigenvalue weighted by Crippen LogP contribution is -2.02. The van der Waals surface area contributed by atoms with Gasteiger partial charge in [0.05, 0.1) is 11.0 Å². The van der Waals surface area contributed by atoms with E-state index < -0.39 is 0 Å². The third kappa shape index (κ3) is 5.36. The number of aromatic nitrogens is 2. The van der Waals surface area contributed by atoms with Crippen LogP contribution in [0.25, 0.3) is 89.6 Å². The minimum atomic E-state index is 0.528. The van der Waals surface area contributed by atoms with E-state index in [1.54, 1.807) is 0 Å². The largest absolute Gasteiger partial charge is 0.292 e. The van der Waals surface area contributed by atoms with E-state index in [0.717, 1.165) is 47.4 Å². The molecule has 2 aliphatic carbocycles. The van der Waals surface area contributed by atoms with Crippen molar-refractivity contribution in [2.24, 2.45) is 0 Å². The molecule has 0 N–H and O–H groups in total. The lowest BCUT2D eigenvalue weighted by molar-refractivity contribution is 0.772. The van der Waals surface area contributed by atoms with Crippen molar-refractivity contribution < 1.29 is 0 Å². The molecule has 2 aliphatic rings. The van der Waals surface area contributed by atoms with Crippen molar-refractivity contribution in [3.05, 3.63) is 198 Å². The summed E-state index contributed by atoms with van der Waals surface area (Å²) in [6, 6.07) is 60.2. The average molecular weight is 717 g/mol. The average Bonchev–Trinajstić information content (AvgIpc) is 3.65. The zero-order valence-corrected chi connectivity index (χ0v) is 31.4. The molecule has 0 radical (unpaired) electrons. The number of para-hydroxylation sites is 3. The zero-order chi connectivity index (χ0) is 37.2. The summed E-state index contributed by atoms with van der Waals surface area (Å²) in [4.78, 5) is 5.13. The van der Waals surface area contributed by atoms with Gasteiger partial charge in [-0.15, -0.1) is 0 Å². The van der Waals surface area contributed by atoms with Gasteiger partial charge in [-0.2, -0.15) is 0 Å². The van der Waals surface area contributed by atoms with Crippen LogP contribution in [0.4, 0.5) is 0 Å². The number of nitrogens with zero attached hydrogens (tertiary/aromatic N) is 2. The highest BCUT2D eigenvalue weighted by Gasteiger charge is 2.22. The number of allylic oxidation sites excluding steroid dienone is 2. The lowest BCUT2D eigenvalue weighted by Gasteiger charge is -2.24. The number of aryl methyl sites for hydroxylation is 1. The van der Waals surface area contributed by atoms with E-state index in [-0.39, 0.29) is 0 Å². The van der Waals surface area contributed by atoms with E-state index in [4.69, 9.17) is 4.98 Å². The van der Waals surface area contributed by atoms with Crippen molar-refractivity contribution in [3.63, 3.8) is 0 Å². The van der Waals surface area contributed by atoms with Crippen molar-refractivity contribution >= 4 is 50.3 Å². The number of rotatable bonds is 5. The topological polar surface area (TPSA) is 17.8 Å². The molecular formula is C54H40N2. The first-order chi connectivity index (χ1) is 27.7. The van der Waals surface area contributed by atoms with Crippen molar-refractivity contribution in [2.45, 2.75) is 32.1 Å². The maximum absolute atomic E-state index is 5.13. The van der Waals surface area contributed by atoms with Crippen LogP contribution >= 0.6 is 0 Å². The molecule has 11 rings (SSSR count). The Hall–Kier alpha value is -6.77. The van der Waals surface area contributed by atoms with E-state index in [0.29, 0.717) is 5.92 Å².